The molecule has 0 radical (unpaired) electrons. The number of benzene rings is 8. The summed E-state index contributed by atoms with van der Waals surface area (Å²) in [6.07, 6.45) is 0. The van der Waals surface area contributed by atoms with Crippen molar-refractivity contribution in [1.29, 1.82) is 0 Å². The minimum atomic E-state index is -0.774. The molecule has 3 heterocycles. The first-order valence-electron chi connectivity index (χ1n) is 28.1. The van der Waals surface area contributed by atoms with Crippen molar-refractivity contribution in [3.63, 3.8) is 0 Å². The van der Waals surface area contributed by atoms with Crippen LogP contribution in [-0.2, 0) is 0 Å². The van der Waals surface area contributed by atoms with Gasteiger partial charge in [0.25, 0.3) is 0 Å². The molecule has 0 N–H and O–H groups in total. The first-order valence-corrected chi connectivity index (χ1v) is 17.1. The number of rotatable bonds is 6. The summed E-state index contributed by atoms with van der Waals surface area (Å²) >= 11 is 0. The predicted octanol–water partition coefficient (Wildman–Crippen LogP) is 12.7. The normalized spacial score (nSPS) is 17.1. The standard InChI is InChI=1S/C51H33N5/c1-4-16-34(17-5-1)37-22-14-24-39(32-37)50-52-49(36-20-8-3-9-21-36)53-51(54-50)56-46-29-13-11-27-42(46)44-31-30-43-41-26-10-12-28-45(41)55(47(43)48(44)56)40-25-15-23-38(33-40)35-18-6-2-7-19-35/h1-33H/i1D,2D,3D,4D,5D,6D,7D,8D,9D,14D,15D,16D,17D,18D,19D,20D,21D,23D,24D,25D,32D,33D. The molecule has 0 aliphatic heterocycles. The topological polar surface area (TPSA) is 48.5 Å². The maximum atomic E-state index is 9.84. The van der Waals surface area contributed by atoms with E-state index in [2.05, 4.69) is 4.98 Å². The Morgan fingerprint density at radius 1 is 0.357 bits per heavy atom. The van der Waals surface area contributed by atoms with Gasteiger partial charge in [0.15, 0.2) is 11.6 Å². The summed E-state index contributed by atoms with van der Waals surface area (Å²) in [6, 6.07) is 2.20. The van der Waals surface area contributed by atoms with Crippen molar-refractivity contribution in [1.82, 2.24) is 24.1 Å². The fourth-order valence-electron chi connectivity index (χ4n) is 6.95. The SMILES string of the molecule is [2H]c1cc(-c2c([2H])c([2H])c([2H])c([2H])c2[2H])c([2H])c(-c2nc(-c3c([2H])c([2H])c([2H])c([2H])c3[2H])nc(-n3c4ccccc4c4ccc5c6ccccc6n(-c6c([2H])c([2H])c([2H])c(-c7c([2H])c([2H])c([2H])c([2H])c7[2H])c6[2H])c5c43)n2)c1[2H]. The largest absolute Gasteiger partial charge is 0.307 e. The Hall–Kier alpha value is -7.63. The first-order chi connectivity index (χ1) is 36.9. The summed E-state index contributed by atoms with van der Waals surface area (Å²) in [5, 5.41) is 1.96. The van der Waals surface area contributed by atoms with Gasteiger partial charge in [-0.15, -0.1) is 0 Å². The monoisotopic (exact) mass is 737 g/mol. The van der Waals surface area contributed by atoms with Crippen LogP contribution in [0.2, 0.25) is 0 Å². The Bertz CT molecular complexity index is 4460. The summed E-state index contributed by atoms with van der Waals surface area (Å²) in [5.41, 5.74) is -2.29. The highest BCUT2D eigenvalue weighted by Gasteiger charge is 2.23. The Labute approximate surface area is 354 Å². The summed E-state index contributed by atoms with van der Waals surface area (Å²) in [5.74, 6) is -1.57. The van der Waals surface area contributed by atoms with E-state index >= 15 is 0 Å². The quantitative estimate of drug-likeness (QED) is 0.171. The molecule has 262 valence electrons. The zero-order valence-electron chi connectivity index (χ0n) is 50.6. The number of hydrogen-bond donors (Lipinski definition) is 0. The highest BCUT2D eigenvalue weighted by atomic mass is 15.2. The number of nitrogens with zero attached hydrogens (tertiary/aromatic N) is 5. The fourth-order valence-corrected chi connectivity index (χ4v) is 6.95. The molecule has 0 aliphatic rings. The third-order valence-corrected chi connectivity index (χ3v) is 9.27. The van der Waals surface area contributed by atoms with E-state index in [9.17, 15) is 5.48 Å². The lowest BCUT2D eigenvalue weighted by Gasteiger charge is -2.14. The number of fused-ring (bicyclic) bond motifs is 7. The van der Waals surface area contributed by atoms with Crippen molar-refractivity contribution in [3.05, 3.63) is 200 Å². The van der Waals surface area contributed by atoms with Crippen LogP contribution >= 0.6 is 0 Å². The molecule has 8 aromatic carbocycles. The van der Waals surface area contributed by atoms with Gasteiger partial charge < -0.3 is 4.57 Å². The number of para-hydroxylation sites is 2. The van der Waals surface area contributed by atoms with Crippen molar-refractivity contribution in [2.75, 3.05) is 0 Å². The lowest BCUT2D eigenvalue weighted by molar-refractivity contribution is 0.953. The van der Waals surface area contributed by atoms with Crippen molar-refractivity contribution >= 4 is 43.6 Å². The molecule has 56 heavy (non-hydrogen) atoms. The van der Waals surface area contributed by atoms with Gasteiger partial charge in [0.05, 0.1) is 52.2 Å². The molecule has 5 heteroatoms. The Balaban J connectivity index is 1.33. The van der Waals surface area contributed by atoms with Crippen LogP contribution in [0.25, 0.3) is 100 Å². The van der Waals surface area contributed by atoms with E-state index in [1.54, 1.807) is 60.7 Å². The fraction of sp³-hybridized carbons (Fsp3) is 0. The van der Waals surface area contributed by atoms with Crippen LogP contribution in [0.3, 0.4) is 0 Å². The Morgan fingerprint density at radius 2 is 0.875 bits per heavy atom. The summed E-state index contributed by atoms with van der Waals surface area (Å²) < 4.78 is 197. The van der Waals surface area contributed by atoms with Gasteiger partial charge in [0.1, 0.15) is 0 Å². The number of hydrogen-bond acceptors (Lipinski definition) is 3. The van der Waals surface area contributed by atoms with E-state index < -0.39 is 178 Å². The second kappa shape index (κ2) is 13.0. The second-order valence-corrected chi connectivity index (χ2v) is 12.4. The zero-order valence-corrected chi connectivity index (χ0v) is 28.6. The van der Waals surface area contributed by atoms with Gasteiger partial charge in [-0.25, -0.2) is 4.98 Å². The van der Waals surface area contributed by atoms with Crippen LogP contribution in [0.4, 0.5) is 0 Å². The minimum Gasteiger partial charge on any atom is -0.307 e. The van der Waals surface area contributed by atoms with Gasteiger partial charge in [-0.1, -0.05) is 169 Å². The smallest absolute Gasteiger partial charge is 0.238 e. The Morgan fingerprint density at radius 3 is 1.54 bits per heavy atom. The average Bonchev–Trinajstić information content (AvgIpc) is 4.17. The van der Waals surface area contributed by atoms with Crippen molar-refractivity contribution in [3.8, 4) is 56.7 Å². The molecule has 0 bridgehead atoms. The average molecular weight is 738 g/mol. The van der Waals surface area contributed by atoms with Crippen molar-refractivity contribution < 1.29 is 30.2 Å². The van der Waals surface area contributed by atoms with Gasteiger partial charge in [-0.05, 0) is 52.5 Å². The van der Waals surface area contributed by atoms with E-state index in [0.717, 1.165) is 6.07 Å². The minimum absolute atomic E-state index is 0.196. The van der Waals surface area contributed by atoms with Gasteiger partial charge in [-0.2, -0.15) is 9.97 Å². The lowest BCUT2D eigenvalue weighted by Crippen LogP contribution is -2.07. The van der Waals surface area contributed by atoms with Crippen LogP contribution in [-0.4, -0.2) is 24.1 Å². The number of aromatic nitrogens is 5. The maximum absolute atomic E-state index is 9.84. The molecular weight excluding hydrogens is 683 g/mol. The maximum Gasteiger partial charge on any atom is 0.238 e. The summed E-state index contributed by atoms with van der Waals surface area (Å²) in [6.45, 7) is 0. The van der Waals surface area contributed by atoms with Crippen LogP contribution in [0, 0.1) is 0 Å². The first kappa shape index (κ1) is 16.8. The molecule has 0 amide bonds. The molecular formula is C51H33N5. The van der Waals surface area contributed by atoms with Crippen LogP contribution in [0.1, 0.15) is 30.2 Å². The second-order valence-electron chi connectivity index (χ2n) is 12.4. The molecule has 0 unspecified atom stereocenters. The predicted molar refractivity (Wildman–Crippen MR) is 230 cm³/mol. The van der Waals surface area contributed by atoms with E-state index in [4.69, 9.17) is 34.6 Å². The molecule has 0 saturated carbocycles. The third kappa shape index (κ3) is 5.21. The lowest BCUT2D eigenvalue weighted by atomic mass is 10.0. The molecule has 11 aromatic rings. The van der Waals surface area contributed by atoms with Crippen molar-refractivity contribution in [2.45, 2.75) is 0 Å². The molecule has 0 aliphatic carbocycles. The van der Waals surface area contributed by atoms with Crippen LogP contribution < -0.4 is 0 Å². The summed E-state index contributed by atoms with van der Waals surface area (Å²) in [4.78, 5) is 14.2. The molecule has 0 spiro atoms. The molecule has 5 nitrogen and oxygen atoms in total. The molecule has 0 fully saturated rings. The van der Waals surface area contributed by atoms with E-state index in [-0.39, 0.29) is 22.3 Å². The van der Waals surface area contributed by atoms with Crippen LogP contribution in [0.5, 0.6) is 0 Å². The molecule has 11 rings (SSSR count). The van der Waals surface area contributed by atoms with Crippen molar-refractivity contribution in [2.24, 2.45) is 0 Å². The van der Waals surface area contributed by atoms with Crippen LogP contribution in [0.15, 0.2) is 200 Å². The van der Waals surface area contributed by atoms with Gasteiger partial charge in [0.2, 0.25) is 5.95 Å². The van der Waals surface area contributed by atoms with E-state index in [0.29, 0.717) is 32.6 Å². The molecule has 0 atom stereocenters. The summed E-state index contributed by atoms with van der Waals surface area (Å²) in [7, 11) is 0. The van der Waals surface area contributed by atoms with E-state index in [1.807, 2.05) is 0 Å². The van der Waals surface area contributed by atoms with Gasteiger partial charge in [-0.3, -0.25) is 4.57 Å². The van der Waals surface area contributed by atoms with Gasteiger partial charge >= 0.3 is 0 Å². The van der Waals surface area contributed by atoms with Gasteiger partial charge in [0, 0.05) is 38.4 Å². The highest BCUT2D eigenvalue weighted by molar-refractivity contribution is 6.23. The van der Waals surface area contributed by atoms with E-state index in [1.165, 1.54) is 9.13 Å². The molecule has 3 aromatic heterocycles. The Kier molecular flexibility index (Phi) is 3.91. The highest BCUT2D eigenvalue weighted by Crippen LogP contribution is 2.42. The molecule has 0 saturated heterocycles. The third-order valence-electron chi connectivity index (χ3n) is 9.27. The zero-order chi connectivity index (χ0) is 56.1.